The molecule has 0 saturated heterocycles. The van der Waals surface area contributed by atoms with Gasteiger partial charge >= 0.3 is 0 Å². The maximum atomic E-state index is 12.3. The van der Waals surface area contributed by atoms with E-state index in [1.165, 1.54) is 0 Å². The summed E-state index contributed by atoms with van der Waals surface area (Å²) in [6, 6.07) is 12.1. The van der Waals surface area contributed by atoms with Crippen LogP contribution in [-0.2, 0) is 0 Å². The first kappa shape index (κ1) is 16.0. The molecule has 0 bridgehead atoms. The van der Waals surface area contributed by atoms with Gasteiger partial charge in [-0.15, -0.1) is 0 Å². The highest BCUT2D eigenvalue weighted by atomic mass is 35.5. The predicted molar refractivity (Wildman–Crippen MR) is 90.4 cm³/mol. The van der Waals surface area contributed by atoms with Gasteiger partial charge in [-0.1, -0.05) is 17.7 Å². The lowest BCUT2D eigenvalue weighted by atomic mass is 10.1. The van der Waals surface area contributed by atoms with E-state index in [1.54, 1.807) is 31.4 Å². The lowest BCUT2D eigenvalue weighted by molar-refractivity contribution is 0.102. The number of nitrogens with zero attached hydrogens (tertiary/aromatic N) is 2. The smallest absolute Gasteiger partial charge is 0.257 e. The lowest BCUT2D eigenvalue weighted by Gasteiger charge is -2.07. The normalized spacial score (nSPS) is 10.5. The number of rotatable bonds is 4. The fourth-order valence-electron chi connectivity index (χ4n) is 2.30. The predicted octanol–water partition coefficient (Wildman–Crippen LogP) is 3.96. The van der Waals surface area contributed by atoms with E-state index < -0.39 is 0 Å². The van der Waals surface area contributed by atoms with Crippen LogP contribution in [0.2, 0.25) is 5.02 Å². The Labute approximate surface area is 143 Å². The van der Waals surface area contributed by atoms with Crippen molar-refractivity contribution >= 4 is 23.3 Å². The van der Waals surface area contributed by atoms with Crippen LogP contribution in [0.1, 0.15) is 15.9 Å². The summed E-state index contributed by atoms with van der Waals surface area (Å²) in [4.78, 5) is 12.3. The second kappa shape index (κ2) is 6.72. The van der Waals surface area contributed by atoms with Gasteiger partial charge in [0, 0.05) is 16.1 Å². The number of amides is 1. The van der Waals surface area contributed by atoms with Crippen molar-refractivity contribution in [2.75, 3.05) is 12.4 Å². The number of hydrogen-bond donors (Lipinski definition) is 1. The second-order valence-corrected chi connectivity index (χ2v) is 5.55. The molecule has 0 aliphatic rings. The first-order chi connectivity index (χ1) is 11.6. The molecular weight excluding hydrogens is 330 g/mol. The van der Waals surface area contributed by atoms with Crippen molar-refractivity contribution < 1.29 is 14.2 Å². The average Bonchev–Trinajstić information content (AvgIpc) is 3.03. The highest BCUT2D eigenvalue weighted by Gasteiger charge is 2.17. The maximum absolute atomic E-state index is 12.3. The molecule has 0 fully saturated rings. The van der Waals surface area contributed by atoms with E-state index in [4.69, 9.17) is 21.0 Å². The molecule has 1 N–H and O–H groups in total. The molecule has 3 aromatic rings. The number of carbonyl (C=O) groups is 1. The SMILES string of the molecule is COc1ccc(-c2nonc2NC(=O)c2cccc(Cl)c2)cc1C. The molecule has 0 unspecified atom stereocenters. The van der Waals surface area contributed by atoms with Gasteiger partial charge in [0.15, 0.2) is 5.69 Å². The second-order valence-electron chi connectivity index (χ2n) is 5.11. The number of benzene rings is 2. The average molecular weight is 344 g/mol. The Morgan fingerprint density at radius 3 is 2.75 bits per heavy atom. The molecule has 0 atom stereocenters. The Hall–Kier alpha value is -2.86. The van der Waals surface area contributed by atoms with Crippen LogP contribution in [-0.4, -0.2) is 23.3 Å². The fourth-order valence-corrected chi connectivity index (χ4v) is 2.49. The van der Waals surface area contributed by atoms with Crippen LogP contribution in [0.3, 0.4) is 0 Å². The molecular formula is C17H14ClN3O3. The molecule has 0 saturated carbocycles. The van der Waals surface area contributed by atoms with Crippen molar-refractivity contribution in [2.45, 2.75) is 6.92 Å². The third kappa shape index (κ3) is 3.23. The van der Waals surface area contributed by atoms with Crippen LogP contribution in [0, 0.1) is 6.92 Å². The Bertz CT molecular complexity index is 892. The van der Waals surface area contributed by atoms with Crippen molar-refractivity contribution in [1.29, 1.82) is 0 Å². The van der Waals surface area contributed by atoms with Crippen molar-refractivity contribution in [1.82, 2.24) is 10.3 Å². The standard InChI is InChI=1S/C17H14ClN3O3/c1-10-8-11(6-7-14(10)23-2)15-16(21-24-20-15)19-17(22)12-4-3-5-13(18)9-12/h3-9H,1-2H3,(H,19,21,22). The van der Waals surface area contributed by atoms with Crippen molar-refractivity contribution in [2.24, 2.45) is 0 Å². The molecule has 0 spiro atoms. The van der Waals surface area contributed by atoms with E-state index in [2.05, 4.69) is 15.6 Å². The Balaban J connectivity index is 1.88. The number of aromatic nitrogens is 2. The largest absolute Gasteiger partial charge is 0.496 e. The number of nitrogens with one attached hydrogen (secondary N) is 1. The molecule has 6 nitrogen and oxygen atoms in total. The summed E-state index contributed by atoms with van der Waals surface area (Å²) in [5.74, 6) is 0.656. The molecule has 1 amide bonds. The number of carbonyl (C=O) groups excluding carboxylic acids is 1. The third-order valence-electron chi connectivity index (χ3n) is 3.48. The zero-order valence-electron chi connectivity index (χ0n) is 13.0. The summed E-state index contributed by atoms with van der Waals surface area (Å²) >= 11 is 5.91. The number of ether oxygens (including phenoxy) is 1. The molecule has 24 heavy (non-hydrogen) atoms. The summed E-state index contributed by atoms with van der Waals surface area (Å²) in [6.45, 7) is 1.92. The molecule has 2 aromatic carbocycles. The van der Waals surface area contributed by atoms with Gasteiger partial charge in [0.05, 0.1) is 7.11 Å². The third-order valence-corrected chi connectivity index (χ3v) is 3.71. The highest BCUT2D eigenvalue weighted by Crippen LogP contribution is 2.29. The number of halogens is 1. The summed E-state index contributed by atoms with van der Waals surface area (Å²) in [7, 11) is 1.61. The van der Waals surface area contributed by atoms with Gasteiger partial charge in [-0.05, 0) is 59.2 Å². The number of anilines is 1. The number of methoxy groups -OCH3 is 1. The molecule has 1 aromatic heterocycles. The van der Waals surface area contributed by atoms with Crippen molar-refractivity contribution in [3.63, 3.8) is 0 Å². The molecule has 0 radical (unpaired) electrons. The van der Waals surface area contributed by atoms with Gasteiger partial charge < -0.3 is 10.1 Å². The Kier molecular flexibility index (Phi) is 4.48. The number of hydrogen-bond acceptors (Lipinski definition) is 5. The zero-order chi connectivity index (χ0) is 17.1. The number of aryl methyl sites for hydroxylation is 1. The van der Waals surface area contributed by atoms with E-state index >= 15 is 0 Å². The van der Waals surface area contributed by atoms with Gasteiger partial charge in [0.25, 0.3) is 5.91 Å². The Morgan fingerprint density at radius 2 is 2.04 bits per heavy atom. The topological polar surface area (TPSA) is 77.2 Å². The monoisotopic (exact) mass is 343 g/mol. The lowest BCUT2D eigenvalue weighted by Crippen LogP contribution is -2.12. The van der Waals surface area contributed by atoms with E-state index in [0.717, 1.165) is 16.9 Å². The summed E-state index contributed by atoms with van der Waals surface area (Å²) in [5, 5.41) is 10.8. The van der Waals surface area contributed by atoms with Crippen molar-refractivity contribution in [3.05, 3.63) is 58.6 Å². The zero-order valence-corrected chi connectivity index (χ0v) is 13.8. The molecule has 7 heteroatoms. The molecule has 0 aliphatic carbocycles. The Morgan fingerprint density at radius 1 is 1.21 bits per heavy atom. The van der Waals surface area contributed by atoms with Gasteiger partial charge in [-0.25, -0.2) is 4.63 Å². The van der Waals surface area contributed by atoms with E-state index in [9.17, 15) is 4.79 Å². The van der Waals surface area contributed by atoms with Crippen LogP contribution in [0.15, 0.2) is 47.1 Å². The van der Waals surface area contributed by atoms with Crippen LogP contribution < -0.4 is 10.1 Å². The van der Waals surface area contributed by atoms with Gasteiger partial charge in [0.1, 0.15) is 5.75 Å². The summed E-state index contributed by atoms with van der Waals surface area (Å²) < 4.78 is 10.0. The molecule has 0 aliphatic heterocycles. The van der Waals surface area contributed by atoms with Crippen LogP contribution in [0.25, 0.3) is 11.3 Å². The summed E-state index contributed by atoms with van der Waals surface area (Å²) in [5.41, 5.74) is 2.56. The highest BCUT2D eigenvalue weighted by molar-refractivity contribution is 6.31. The molecule has 1 heterocycles. The summed E-state index contributed by atoms with van der Waals surface area (Å²) in [6.07, 6.45) is 0. The van der Waals surface area contributed by atoms with Crippen LogP contribution >= 0.6 is 11.6 Å². The van der Waals surface area contributed by atoms with Crippen molar-refractivity contribution in [3.8, 4) is 17.0 Å². The van der Waals surface area contributed by atoms with E-state index in [1.807, 2.05) is 25.1 Å². The minimum atomic E-state index is -0.348. The molecule has 3 rings (SSSR count). The maximum Gasteiger partial charge on any atom is 0.257 e. The molecule has 122 valence electrons. The quantitative estimate of drug-likeness (QED) is 0.775. The van der Waals surface area contributed by atoms with Gasteiger partial charge in [0.2, 0.25) is 5.82 Å². The van der Waals surface area contributed by atoms with Gasteiger partial charge in [-0.3, -0.25) is 4.79 Å². The van der Waals surface area contributed by atoms with E-state index in [-0.39, 0.29) is 11.7 Å². The van der Waals surface area contributed by atoms with E-state index in [0.29, 0.717) is 16.3 Å². The van der Waals surface area contributed by atoms with Crippen LogP contribution in [0.5, 0.6) is 5.75 Å². The fraction of sp³-hybridized carbons (Fsp3) is 0.118. The van der Waals surface area contributed by atoms with Crippen LogP contribution in [0.4, 0.5) is 5.82 Å². The first-order valence-electron chi connectivity index (χ1n) is 7.13. The first-order valence-corrected chi connectivity index (χ1v) is 7.51. The minimum absolute atomic E-state index is 0.240. The van der Waals surface area contributed by atoms with Gasteiger partial charge in [-0.2, -0.15) is 0 Å². The minimum Gasteiger partial charge on any atom is -0.496 e.